The fourth-order valence-electron chi connectivity index (χ4n) is 2.67. The molecule has 0 bridgehead atoms. The summed E-state index contributed by atoms with van der Waals surface area (Å²) in [4.78, 5) is 20.0. The molecule has 0 spiro atoms. The molecule has 0 saturated heterocycles. The maximum Gasteiger partial charge on any atom is 0.255 e. The summed E-state index contributed by atoms with van der Waals surface area (Å²) in [6.45, 7) is 4.27. The van der Waals surface area contributed by atoms with Crippen LogP contribution < -0.4 is 10.1 Å². The van der Waals surface area contributed by atoms with Crippen molar-refractivity contribution in [2.24, 2.45) is 0 Å². The van der Waals surface area contributed by atoms with Gasteiger partial charge >= 0.3 is 0 Å². The molecule has 5 nitrogen and oxygen atoms in total. The molecule has 0 atom stereocenters. The summed E-state index contributed by atoms with van der Waals surface area (Å²) in [5.74, 6) is 1.33. The number of H-pyrrole nitrogens is 1. The number of benzene rings is 2. The van der Waals surface area contributed by atoms with E-state index in [0.717, 1.165) is 28.0 Å². The van der Waals surface area contributed by atoms with Gasteiger partial charge in [0.05, 0.1) is 23.7 Å². The van der Waals surface area contributed by atoms with Gasteiger partial charge in [-0.3, -0.25) is 4.79 Å². The molecule has 0 aliphatic carbocycles. The molecule has 0 unspecified atom stereocenters. The Kier molecular flexibility index (Phi) is 4.02. The normalized spacial score (nSPS) is 10.7. The van der Waals surface area contributed by atoms with E-state index in [2.05, 4.69) is 15.3 Å². The number of nitrogens with zero attached hydrogens (tertiary/aromatic N) is 1. The fraction of sp³-hybridized carbons (Fsp3) is 0.222. The second-order valence-corrected chi connectivity index (χ2v) is 5.51. The molecule has 0 aliphatic rings. The molecule has 2 N–H and O–H groups in total. The standard InChI is InChI=1S/C18H19N3O2/c1-11-5-4-6-16(23-3)17(11)18(22)19-10-13-7-8-14-15(9-13)21-12(2)20-14/h4-9H,10H2,1-3H3,(H,19,22)(H,20,21). The number of carbonyl (C=O) groups is 1. The number of aromatic nitrogens is 2. The zero-order chi connectivity index (χ0) is 16.4. The third kappa shape index (κ3) is 3.04. The molecule has 0 saturated carbocycles. The van der Waals surface area contributed by atoms with Crippen molar-refractivity contribution in [3.8, 4) is 5.75 Å². The number of amides is 1. The highest BCUT2D eigenvalue weighted by Gasteiger charge is 2.14. The lowest BCUT2D eigenvalue weighted by Gasteiger charge is -2.11. The van der Waals surface area contributed by atoms with Gasteiger partial charge in [0.25, 0.3) is 5.91 Å². The van der Waals surface area contributed by atoms with Crippen LogP contribution >= 0.6 is 0 Å². The van der Waals surface area contributed by atoms with E-state index in [1.807, 2.05) is 44.2 Å². The topological polar surface area (TPSA) is 67.0 Å². The number of imidazole rings is 1. The van der Waals surface area contributed by atoms with Crippen molar-refractivity contribution < 1.29 is 9.53 Å². The van der Waals surface area contributed by atoms with Crippen LogP contribution in [0.1, 0.15) is 27.3 Å². The first-order chi connectivity index (χ1) is 11.1. The van der Waals surface area contributed by atoms with Crippen molar-refractivity contribution in [2.75, 3.05) is 7.11 Å². The van der Waals surface area contributed by atoms with Crippen molar-refractivity contribution in [2.45, 2.75) is 20.4 Å². The summed E-state index contributed by atoms with van der Waals surface area (Å²) >= 11 is 0. The number of ether oxygens (including phenoxy) is 1. The van der Waals surface area contributed by atoms with Crippen molar-refractivity contribution in [3.63, 3.8) is 0 Å². The Bertz CT molecular complexity index is 868. The van der Waals surface area contributed by atoms with E-state index in [9.17, 15) is 4.79 Å². The van der Waals surface area contributed by atoms with Crippen LogP contribution in [-0.4, -0.2) is 23.0 Å². The third-order valence-electron chi connectivity index (χ3n) is 3.80. The van der Waals surface area contributed by atoms with Crippen LogP contribution in [0.2, 0.25) is 0 Å². The summed E-state index contributed by atoms with van der Waals surface area (Å²) in [5.41, 5.74) is 4.39. The molecule has 1 heterocycles. The quantitative estimate of drug-likeness (QED) is 0.778. The number of carbonyl (C=O) groups excluding carboxylic acids is 1. The Labute approximate surface area is 134 Å². The lowest BCUT2D eigenvalue weighted by molar-refractivity contribution is 0.0947. The predicted octanol–water partition coefficient (Wildman–Crippen LogP) is 3.12. The van der Waals surface area contributed by atoms with Crippen LogP contribution in [0.5, 0.6) is 5.75 Å². The highest BCUT2D eigenvalue weighted by Crippen LogP contribution is 2.21. The number of nitrogens with one attached hydrogen (secondary N) is 2. The van der Waals surface area contributed by atoms with Gasteiger partial charge in [0.15, 0.2) is 0 Å². The first kappa shape index (κ1) is 15.1. The second-order valence-electron chi connectivity index (χ2n) is 5.51. The average Bonchev–Trinajstić information content (AvgIpc) is 2.91. The monoisotopic (exact) mass is 309 g/mol. The number of fused-ring (bicyclic) bond motifs is 1. The van der Waals surface area contributed by atoms with Crippen molar-refractivity contribution in [1.82, 2.24) is 15.3 Å². The number of hydrogen-bond donors (Lipinski definition) is 2. The molecule has 118 valence electrons. The van der Waals surface area contributed by atoms with E-state index >= 15 is 0 Å². The molecule has 0 aliphatic heterocycles. The Hall–Kier alpha value is -2.82. The van der Waals surface area contributed by atoms with Crippen molar-refractivity contribution in [3.05, 3.63) is 58.9 Å². The molecule has 0 radical (unpaired) electrons. The van der Waals surface area contributed by atoms with Crippen LogP contribution in [0.25, 0.3) is 11.0 Å². The van der Waals surface area contributed by atoms with Crippen molar-refractivity contribution in [1.29, 1.82) is 0 Å². The zero-order valence-electron chi connectivity index (χ0n) is 13.4. The molecular weight excluding hydrogens is 290 g/mol. The van der Waals surface area contributed by atoms with Gasteiger partial charge in [-0.1, -0.05) is 18.2 Å². The SMILES string of the molecule is COc1cccc(C)c1C(=O)NCc1ccc2nc(C)[nH]c2c1. The first-order valence-corrected chi connectivity index (χ1v) is 7.45. The van der Waals surface area contributed by atoms with Crippen LogP contribution in [0.4, 0.5) is 0 Å². The van der Waals surface area contributed by atoms with E-state index in [1.54, 1.807) is 13.2 Å². The summed E-state index contributed by atoms with van der Waals surface area (Å²) in [6, 6.07) is 11.5. The lowest BCUT2D eigenvalue weighted by atomic mass is 10.1. The van der Waals surface area contributed by atoms with E-state index in [-0.39, 0.29) is 5.91 Å². The number of aryl methyl sites for hydroxylation is 2. The Morgan fingerprint density at radius 1 is 1.26 bits per heavy atom. The van der Waals surface area contributed by atoms with Gasteiger partial charge in [-0.05, 0) is 43.2 Å². The minimum atomic E-state index is -0.138. The maximum atomic E-state index is 12.5. The number of aromatic amines is 1. The highest BCUT2D eigenvalue weighted by molar-refractivity contribution is 5.98. The van der Waals surface area contributed by atoms with Crippen LogP contribution in [0.3, 0.4) is 0 Å². The fourth-order valence-corrected chi connectivity index (χ4v) is 2.67. The number of methoxy groups -OCH3 is 1. The van der Waals surface area contributed by atoms with Gasteiger partial charge in [0.2, 0.25) is 0 Å². The van der Waals surface area contributed by atoms with E-state index in [0.29, 0.717) is 17.9 Å². The largest absolute Gasteiger partial charge is 0.496 e. The number of hydrogen-bond acceptors (Lipinski definition) is 3. The Balaban J connectivity index is 1.78. The van der Waals surface area contributed by atoms with Gasteiger partial charge in [-0.15, -0.1) is 0 Å². The summed E-state index contributed by atoms with van der Waals surface area (Å²) in [7, 11) is 1.57. The lowest BCUT2D eigenvalue weighted by Crippen LogP contribution is -2.24. The summed E-state index contributed by atoms with van der Waals surface area (Å²) < 4.78 is 5.29. The molecule has 5 heteroatoms. The highest BCUT2D eigenvalue weighted by atomic mass is 16.5. The smallest absolute Gasteiger partial charge is 0.255 e. The zero-order valence-corrected chi connectivity index (χ0v) is 13.4. The van der Waals surface area contributed by atoms with Gasteiger partial charge in [0.1, 0.15) is 11.6 Å². The first-order valence-electron chi connectivity index (χ1n) is 7.45. The Morgan fingerprint density at radius 3 is 2.87 bits per heavy atom. The van der Waals surface area contributed by atoms with E-state index in [1.165, 1.54) is 0 Å². The predicted molar refractivity (Wildman–Crippen MR) is 89.7 cm³/mol. The Morgan fingerprint density at radius 2 is 2.09 bits per heavy atom. The number of rotatable bonds is 4. The average molecular weight is 309 g/mol. The molecule has 3 rings (SSSR count). The second kappa shape index (κ2) is 6.12. The molecular formula is C18H19N3O2. The van der Waals surface area contributed by atoms with Crippen LogP contribution in [0.15, 0.2) is 36.4 Å². The molecule has 0 fully saturated rings. The van der Waals surface area contributed by atoms with Gasteiger partial charge in [-0.25, -0.2) is 4.98 Å². The molecule has 2 aromatic carbocycles. The minimum absolute atomic E-state index is 0.138. The minimum Gasteiger partial charge on any atom is -0.496 e. The molecule has 3 aromatic rings. The molecule has 1 aromatic heterocycles. The van der Waals surface area contributed by atoms with Crippen LogP contribution in [-0.2, 0) is 6.54 Å². The van der Waals surface area contributed by atoms with Gasteiger partial charge in [0, 0.05) is 6.54 Å². The van der Waals surface area contributed by atoms with E-state index in [4.69, 9.17) is 4.74 Å². The van der Waals surface area contributed by atoms with Crippen molar-refractivity contribution >= 4 is 16.9 Å². The van der Waals surface area contributed by atoms with Crippen LogP contribution in [0, 0.1) is 13.8 Å². The summed E-state index contributed by atoms with van der Waals surface area (Å²) in [5, 5.41) is 2.95. The van der Waals surface area contributed by atoms with E-state index < -0.39 is 0 Å². The molecule has 23 heavy (non-hydrogen) atoms. The molecule has 1 amide bonds. The third-order valence-corrected chi connectivity index (χ3v) is 3.80. The van der Waals surface area contributed by atoms with Gasteiger partial charge in [-0.2, -0.15) is 0 Å². The van der Waals surface area contributed by atoms with Gasteiger partial charge < -0.3 is 15.0 Å². The maximum absolute atomic E-state index is 12.5. The summed E-state index contributed by atoms with van der Waals surface area (Å²) in [6.07, 6.45) is 0.